The number of benzene rings is 2. The first-order chi connectivity index (χ1) is 9.13. The molecule has 0 bridgehead atoms. The van der Waals surface area contributed by atoms with Gasteiger partial charge in [0.2, 0.25) is 0 Å². The molecule has 0 saturated carbocycles. The van der Waals surface area contributed by atoms with Crippen LogP contribution in [0.2, 0.25) is 0 Å². The molecule has 0 fully saturated rings. The van der Waals surface area contributed by atoms with Crippen LogP contribution in [0.1, 0.15) is 11.4 Å². The van der Waals surface area contributed by atoms with Gasteiger partial charge in [0.25, 0.3) is 0 Å². The number of aromatic nitrogens is 2. The Hall–Kier alpha value is -1.81. The summed E-state index contributed by atoms with van der Waals surface area (Å²) >= 11 is 3.52. The molecular formula is C15H13BrN2O. The normalized spacial score (nSPS) is 10.9. The molecule has 1 N–H and O–H groups in total. The minimum Gasteiger partial charge on any atom is -0.454 e. The van der Waals surface area contributed by atoms with E-state index < -0.39 is 0 Å². The average molecular weight is 317 g/mol. The number of fused-ring (bicyclic) bond motifs is 1. The zero-order valence-electron chi connectivity index (χ0n) is 10.7. The monoisotopic (exact) mass is 316 g/mol. The van der Waals surface area contributed by atoms with Gasteiger partial charge in [-0.3, -0.25) is 0 Å². The van der Waals surface area contributed by atoms with Crippen LogP contribution in [0.15, 0.2) is 40.9 Å². The Morgan fingerprint density at radius 3 is 2.79 bits per heavy atom. The van der Waals surface area contributed by atoms with Crippen LogP contribution in [0.3, 0.4) is 0 Å². The lowest BCUT2D eigenvalue weighted by Gasteiger charge is -2.08. The van der Waals surface area contributed by atoms with E-state index in [4.69, 9.17) is 4.74 Å². The number of hydrogen-bond acceptors (Lipinski definition) is 2. The van der Waals surface area contributed by atoms with Crippen molar-refractivity contribution in [2.75, 3.05) is 0 Å². The van der Waals surface area contributed by atoms with Crippen molar-refractivity contribution in [1.82, 2.24) is 9.97 Å². The molecule has 0 aliphatic rings. The molecule has 1 heterocycles. The van der Waals surface area contributed by atoms with Crippen molar-refractivity contribution in [3.63, 3.8) is 0 Å². The molecule has 0 atom stereocenters. The van der Waals surface area contributed by atoms with Crippen LogP contribution in [-0.2, 0) is 0 Å². The Kier molecular flexibility index (Phi) is 3.03. The summed E-state index contributed by atoms with van der Waals surface area (Å²) in [6, 6.07) is 11.9. The van der Waals surface area contributed by atoms with Gasteiger partial charge >= 0.3 is 0 Å². The fourth-order valence-corrected chi connectivity index (χ4v) is 2.44. The number of H-pyrrole nitrogens is 1. The molecule has 0 spiro atoms. The predicted octanol–water partition coefficient (Wildman–Crippen LogP) is 4.73. The zero-order valence-corrected chi connectivity index (χ0v) is 12.3. The number of halogens is 1. The number of nitrogens with one attached hydrogen (secondary N) is 1. The van der Waals surface area contributed by atoms with E-state index in [9.17, 15) is 0 Å². The van der Waals surface area contributed by atoms with Crippen molar-refractivity contribution in [1.29, 1.82) is 0 Å². The van der Waals surface area contributed by atoms with Gasteiger partial charge in [0.1, 0.15) is 17.1 Å². The Labute approximate surface area is 119 Å². The number of hydrogen-bond donors (Lipinski definition) is 1. The molecule has 0 unspecified atom stereocenters. The predicted molar refractivity (Wildman–Crippen MR) is 79.8 cm³/mol. The van der Waals surface area contributed by atoms with Crippen molar-refractivity contribution < 1.29 is 4.74 Å². The number of ether oxygens (including phenoxy) is 1. The fourth-order valence-electron chi connectivity index (χ4n) is 2.04. The molecule has 0 aliphatic heterocycles. The summed E-state index contributed by atoms with van der Waals surface area (Å²) in [6.45, 7) is 3.98. The summed E-state index contributed by atoms with van der Waals surface area (Å²) in [6.07, 6.45) is 0. The van der Waals surface area contributed by atoms with Crippen molar-refractivity contribution in [2.24, 2.45) is 0 Å². The van der Waals surface area contributed by atoms with Crippen molar-refractivity contribution in [2.45, 2.75) is 13.8 Å². The summed E-state index contributed by atoms with van der Waals surface area (Å²) in [5.74, 6) is 2.43. The molecule has 4 heteroatoms. The van der Waals surface area contributed by atoms with Crippen LogP contribution in [0.5, 0.6) is 11.5 Å². The topological polar surface area (TPSA) is 37.9 Å². The van der Waals surface area contributed by atoms with E-state index in [1.165, 1.54) is 5.56 Å². The molecule has 0 aliphatic carbocycles. The van der Waals surface area contributed by atoms with E-state index in [2.05, 4.69) is 25.9 Å². The first-order valence-corrected chi connectivity index (χ1v) is 6.82. The van der Waals surface area contributed by atoms with Gasteiger partial charge in [0, 0.05) is 0 Å². The number of rotatable bonds is 2. The van der Waals surface area contributed by atoms with Crippen LogP contribution in [0.25, 0.3) is 11.0 Å². The molecule has 3 rings (SSSR count). The van der Waals surface area contributed by atoms with Gasteiger partial charge in [0.05, 0.1) is 9.99 Å². The molecule has 0 saturated heterocycles. The lowest BCUT2D eigenvalue weighted by atomic mass is 10.2. The zero-order chi connectivity index (χ0) is 13.4. The maximum atomic E-state index is 5.99. The first kappa shape index (κ1) is 12.2. The Morgan fingerprint density at radius 1 is 1.16 bits per heavy atom. The lowest BCUT2D eigenvalue weighted by molar-refractivity contribution is 0.484. The van der Waals surface area contributed by atoms with E-state index in [1.54, 1.807) is 0 Å². The summed E-state index contributed by atoms with van der Waals surface area (Å²) in [7, 11) is 0. The highest BCUT2D eigenvalue weighted by Gasteiger charge is 2.12. The molecule has 2 aromatic carbocycles. The Balaban J connectivity index is 2.11. The minimum atomic E-state index is 0.743. The first-order valence-electron chi connectivity index (χ1n) is 6.03. The van der Waals surface area contributed by atoms with Crippen molar-refractivity contribution in [3.8, 4) is 11.5 Å². The maximum Gasteiger partial charge on any atom is 0.169 e. The highest BCUT2D eigenvalue weighted by Crippen LogP contribution is 2.35. The van der Waals surface area contributed by atoms with Gasteiger partial charge in [-0.2, -0.15) is 0 Å². The second-order valence-electron chi connectivity index (χ2n) is 4.51. The summed E-state index contributed by atoms with van der Waals surface area (Å²) in [4.78, 5) is 7.69. The van der Waals surface area contributed by atoms with Crippen LogP contribution >= 0.6 is 15.9 Å². The van der Waals surface area contributed by atoms with Gasteiger partial charge in [0.15, 0.2) is 5.75 Å². The maximum absolute atomic E-state index is 5.99. The molecule has 0 radical (unpaired) electrons. The fraction of sp³-hybridized carbons (Fsp3) is 0.133. The van der Waals surface area contributed by atoms with E-state index >= 15 is 0 Å². The van der Waals surface area contributed by atoms with Crippen LogP contribution < -0.4 is 4.74 Å². The van der Waals surface area contributed by atoms with Gasteiger partial charge < -0.3 is 9.72 Å². The van der Waals surface area contributed by atoms with Crippen molar-refractivity contribution in [3.05, 3.63) is 52.3 Å². The number of aryl methyl sites for hydroxylation is 2. The van der Waals surface area contributed by atoms with Gasteiger partial charge in [-0.05, 0) is 59.6 Å². The molecule has 1 aromatic heterocycles. The SMILES string of the molecule is Cc1cccc(Oc2c(Br)ccc3[nH]c(C)nc23)c1. The quantitative estimate of drug-likeness (QED) is 0.741. The number of aromatic amines is 1. The number of nitrogens with zero attached hydrogens (tertiary/aromatic N) is 1. The molecule has 3 aromatic rings. The van der Waals surface area contributed by atoms with E-state index in [0.29, 0.717) is 0 Å². The van der Waals surface area contributed by atoms with Gasteiger partial charge in [-0.1, -0.05) is 12.1 Å². The van der Waals surface area contributed by atoms with Gasteiger partial charge in [-0.15, -0.1) is 0 Å². The molecular weight excluding hydrogens is 304 g/mol. The van der Waals surface area contributed by atoms with E-state index in [-0.39, 0.29) is 0 Å². The van der Waals surface area contributed by atoms with Crippen molar-refractivity contribution >= 4 is 27.0 Å². The summed E-state index contributed by atoms with van der Waals surface area (Å²) in [5, 5.41) is 0. The van der Waals surface area contributed by atoms with Crippen LogP contribution in [0, 0.1) is 13.8 Å². The lowest BCUT2D eigenvalue weighted by Crippen LogP contribution is -1.88. The summed E-state index contributed by atoms with van der Waals surface area (Å²) in [5.41, 5.74) is 2.98. The minimum absolute atomic E-state index is 0.743. The highest BCUT2D eigenvalue weighted by molar-refractivity contribution is 9.10. The van der Waals surface area contributed by atoms with Gasteiger partial charge in [-0.25, -0.2) is 4.98 Å². The van der Waals surface area contributed by atoms with E-state index in [1.807, 2.05) is 50.2 Å². The van der Waals surface area contributed by atoms with E-state index in [0.717, 1.165) is 32.8 Å². The van der Waals surface area contributed by atoms with Crippen LogP contribution in [-0.4, -0.2) is 9.97 Å². The Morgan fingerprint density at radius 2 is 2.00 bits per heavy atom. The second kappa shape index (κ2) is 4.70. The molecule has 19 heavy (non-hydrogen) atoms. The molecule has 3 nitrogen and oxygen atoms in total. The Bertz CT molecular complexity index is 749. The highest BCUT2D eigenvalue weighted by atomic mass is 79.9. The smallest absolute Gasteiger partial charge is 0.169 e. The molecule has 96 valence electrons. The second-order valence-corrected chi connectivity index (χ2v) is 5.37. The third kappa shape index (κ3) is 2.36. The largest absolute Gasteiger partial charge is 0.454 e. The third-order valence-corrected chi connectivity index (χ3v) is 3.51. The average Bonchev–Trinajstić information content (AvgIpc) is 2.74. The summed E-state index contributed by atoms with van der Waals surface area (Å²) < 4.78 is 6.88. The standard InChI is InChI=1S/C15H13BrN2O/c1-9-4-3-5-11(8-9)19-15-12(16)6-7-13-14(15)18-10(2)17-13/h3-8H,1-2H3,(H,17,18). The number of imidazole rings is 1. The molecule has 0 amide bonds. The third-order valence-electron chi connectivity index (χ3n) is 2.89. The van der Waals surface area contributed by atoms with Crippen LogP contribution in [0.4, 0.5) is 0 Å².